The van der Waals surface area contributed by atoms with Gasteiger partial charge in [0.15, 0.2) is 0 Å². The summed E-state index contributed by atoms with van der Waals surface area (Å²) in [6.45, 7) is 5.97. The van der Waals surface area contributed by atoms with Crippen LogP contribution in [0.25, 0.3) is 0 Å². The molecule has 0 aliphatic heterocycles. The van der Waals surface area contributed by atoms with E-state index < -0.39 is 5.60 Å². The summed E-state index contributed by atoms with van der Waals surface area (Å²) in [6, 6.07) is 0. The summed E-state index contributed by atoms with van der Waals surface area (Å²) >= 11 is 0. The minimum Gasteiger partial charge on any atom is -0.390 e. The van der Waals surface area contributed by atoms with Crippen molar-refractivity contribution in [3.8, 4) is 0 Å². The predicted molar refractivity (Wildman–Crippen MR) is 50.0 cm³/mol. The summed E-state index contributed by atoms with van der Waals surface area (Å²) in [5.41, 5.74) is -0.793. The van der Waals surface area contributed by atoms with Crippen molar-refractivity contribution in [3.63, 3.8) is 0 Å². The Bertz CT molecular complexity index is 126. The van der Waals surface area contributed by atoms with E-state index in [-0.39, 0.29) is 6.42 Å². The van der Waals surface area contributed by atoms with Crippen LogP contribution in [0.2, 0.25) is 0 Å². The fraction of sp³-hybridized carbons (Fsp3) is 0.900. The Labute approximate surface area is 75.0 Å². The van der Waals surface area contributed by atoms with Gasteiger partial charge in [-0.15, -0.1) is 0 Å². The maximum atomic E-state index is 10.2. The van der Waals surface area contributed by atoms with Crippen LogP contribution in [0.15, 0.2) is 0 Å². The van der Waals surface area contributed by atoms with Crippen LogP contribution in [0.4, 0.5) is 0 Å². The minimum atomic E-state index is -0.793. The predicted octanol–water partition coefficient (Wildman–Crippen LogP) is 2.15. The second-order valence-corrected chi connectivity index (χ2v) is 3.75. The molecular formula is C10H20O2. The normalized spacial score (nSPS) is 16.1. The number of hydrogen-bond acceptors (Lipinski definition) is 2. The summed E-state index contributed by atoms with van der Waals surface area (Å²) in [6.07, 6.45) is 3.93. The number of carbonyl (C=O) groups excluding carboxylic acids is 1. The lowest BCUT2D eigenvalue weighted by Crippen LogP contribution is -2.27. The highest BCUT2D eigenvalue weighted by molar-refractivity contribution is 5.51. The Morgan fingerprint density at radius 1 is 1.42 bits per heavy atom. The molecule has 0 rings (SSSR count). The van der Waals surface area contributed by atoms with E-state index in [4.69, 9.17) is 0 Å². The summed E-state index contributed by atoms with van der Waals surface area (Å²) in [4.78, 5) is 10.2. The van der Waals surface area contributed by atoms with E-state index in [1.165, 1.54) is 0 Å². The van der Waals surface area contributed by atoms with Gasteiger partial charge in [-0.2, -0.15) is 0 Å². The Balaban J connectivity index is 3.92. The van der Waals surface area contributed by atoms with Crippen molar-refractivity contribution in [3.05, 3.63) is 0 Å². The number of hydrogen-bond donors (Lipinski definition) is 1. The second-order valence-electron chi connectivity index (χ2n) is 3.75. The van der Waals surface area contributed by atoms with Crippen LogP contribution in [0.1, 0.15) is 46.5 Å². The molecule has 2 heteroatoms. The molecule has 0 aliphatic carbocycles. The highest BCUT2D eigenvalue weighted by atomic mass is 16.3. The molecule has 0 aromatic heterocycles. The maximum Gasteiger partial charge on any atom is 0.122 e. The molecular weight excluding hydrogens is 152 g/mol. The third-order valence-corrected chi connectivity index (χ3v) is 2.41. The number of rotatable bonds is 6. The minimum absolute atomic E-state index is 0.253. The van der Waals surface area contributed by atoms with E-state index in [1.807, 2.05) is 0 Å². The average molecular weight is 172 g/mol. The summed E-state index contributed by atoms with van der Waals surface area (Å²) < 4.78 is 0. The zero-order valence-electron chi connectivity index (χ0n) is 8.34. The van der Waals surface area contributed by atoms with Gasteiger partial charge in [0.25, 0.3) is 0 Å². The molecule has 2 nitrogen and oxygen atoms in total. The first kappa shape index (κ1) is 11.6. The average Bonchev–Trinajstić information content (AvgIpc) is 2.00. The van der Waals surface area contributed by atoms with Crippen LogP contribution >= 0.6 is 0 Å². The van der Waals surface area contributed by atoms with Crippen molar-refractivity contribution in [2.45, 2.75) is 52.1 Å². The Hall–Kier alpha value is -0.370. The quantitative estimate of drug-likeness (QED) is 0.623. The maximum absolute atomic E-state index is 10.2. The topological polar surface area (TPSA) is 37.3 Å². The van der Waals surface area contributed by atoms with Gasteiger partial charge in [-0.05, 0) is 19.3 Å². The first-order valence-electron chi connectivity index (χ1n) is 4.71. The van der Waals surface area contributed by atoms with Crippen LogP contribution in [0.3, 0.4) is 0 Å². The first-order valence-corrected chi connectivity index (χ1v) is 4.71. The van der Waals surface area contributed by atoms with Crippen molar-refractivity contribution in [2.24, 2.45) is 5.92 Å². The van der Waals surface area contributed by atoms with Crippen LogP contribution < -0.4 is 0 Å². The molecule has 1 atom stereocenters. The molecule has 0 radical (unpaired) electrons. The lowest BCUT2D eigenvalue weighted by Gasteiger charge is -2.25. The van der Waals surface area contributed by atoms with Gasteiger partial charge in [0.2, 0.25) is 0 Å². The SMILES string of the molecule is CCC(CC)CC(C)(O)CC=O. The van der Waals surface area contributed by atoms with Gasteiger partial charge in [-0.25, -0.2) is 0 Å². The molecule has 1 N–H and O–H groups in total. The highest BCUT2D eigenvalue weighted by Crippen LogP contribution is 2.23. The van der Waals surface area contributed by atoms with Crippen LogP contribution in [0, 0.1) is 5.92 Å². The lowest BCUT2D eigenvalue weighted by molar-refractivity contribution is -0.112. The second kappa shape index (κ2) is 5.31. The van der Waals surface area contributed by atoms with Gasteiger partial charge in [-0.1, -0.05) is 26.7 Å². The monoisotopic (exact) mass is 172 g/mol. The molecule has 0 aromatic rings. The standard InChI is InChI=1S/C10H20O2/c1-4-9(5-2)8-10(3,12)6-7-11/h7,9,12H,4-6,8H2,1-3H3. The molecule has 1 unspecified atom stereocenters. The van der Waals surface area contributed by atoms with E-state index in [2.05, 4.69) is 13.8 Å². The van der Waals surface area contributed by atoms with Crippen LogP contribution in [-0.4, -0.2) is 17.0 Å². The van der Waals surface area contributed by atoms with Crippen molar-refractivity contribution < 1.29 is 9.90 Å². The van der Waals surface area contributed by atoms with E-state index in [0.29, 0.717) is 5.92 Å². The Kier molecular flexibility index (Phi) is 5.14. The van der Waals surface area contributed by atoms with Crippen LogP contribution in [-0.2, 0) is 4.79 Å². The molecule has 0 aliphatic rings. The fourth-order valence-corrected chi connectivity index (χ4v) is 1.46. The van der Waals surface area contributed by atoms with Gasteiger partial charge in [0, 0.05) is 6.42 Å². The van der Waals surface area contributed by atoms with Gasteiger partial charge in [0.1, 0.15) is 6.29 Å². The summed E-state index contributed by atoms with van der Waals surface area (Å²) in [5, 5.41) is 9.72. The number of aldehydes is 1. The third-order valence-electron chi connectivity index (χ3n) is 2.41. The summed E-state index contributed by atoms with van der Waals surface area (Å²) in [7, 11) is 0. The number of carbonyl (C=O) groups is 1. The van der Waals surface area contributed by atoms with E-state index in [9.17, 15) is 9.90 Å². The molecule has 0 fully saturated rings. The van der Waals surface area contributed by atoms with E-state index in [1.54, 1.807) is 6.92 Å². The van der Waals surface area contributed by atoms with Crippen molar-refractivity contribution in [1.29, 1.82) is 0 Å². The van der Waals surface area contributed by atoms with Gasteiger partial charge >= 0.3 is 0 Å². The molecule has 0 heterocycles. The molecule has 12 heavy (non-hydrogen) atoms. The van der Waals surface area contributed by atoms with Crippen LogP contribution in [0.5, 0.6) is 0 Å². The van der Waals surface area contributed by atoms with Gasteiger partial charge < -0.3 is 9.90 Å². The highest BCUT2D eigenvalue weighted by Gasteiger charge is 2.23. The fourth-order valence-electron chi connectivity index (χ4n) is 1.46. The zero-order chi connectivity index (χ0) is 9.61. The third kappa shape index (κ3) is 4.50. The molecule has 0 saturated heterocycles. The van der Waals surface area contributed by atoms with E-state index >= 15 is 0 Å². The summed E-state index contributed by atoms with van der Waals surface area (Å²) in [5.74, 6) is 0.542. The Morgan fingerprint density at radius 3 is 2.25 bits per heavy atom. The van der Waals surface area contributed by atoms with Crippen molar-refractivity contribution >= 4 is 6.29 Å². The van der Waals surface area contributed by atoms with Gasteiger partial charge in [0.05, 0.1) is 5.60 Å². The molecule has 0 aromatic carbocycles. The Morgan fingerprint density at radius 2 is 1.92 bits per heavy atom. The molecule has 0 saturated carbocycles. The zero-order valence-corrected chi connectivity index (χ0v) is 8.34. The van der Waals surface area contributed by atoms with Crippen molar-refractivity contribution in [2.75, 3.05) is 0 Å². The molecule has 72 valence electrons. The van der Waals surface area contributed by atoms with Gasteiger partial charge in [-0.3, -0.25) is 0 Å². The molecule has 0 bridgehead atoms. The first-order chi connectivity index (χ1) is 5.55. The van der Waals surface area contributed by atoms with Crippen molar-refractivity contribution in [1.82, 2.24) is 0 Å². The lowest BCUT2D eigenvalue weighted by atomic mass is 9.87. The smallest absolute Gasteiger partial charge is 0.122 e. The number of aliphatic hydroxyl groups is 1. The molecule has 0 spiro atoms. The largest absolute Gasteiger partial charge is 0.390 e. The van der Waals surface area contributed by atoms with E-state index in [0.717, 1.165) is 25.5 Å². The molecule has 0 amide bonds.